The van der Waals surface area contributed by atoms with Crippen LogP contribution >= 0.6 is 11.6 Å². The van der Waals surface area contributed by atoms with Crippen molar-refractivity contribution in [1.29, 1.82) is 0 Å². The number of amides is 1. The molecule has 4 heterocycles. The molecular formula is C30H34ClFN6O3. The number of fused-ring (bicyclic) bond motifs is 1. The zero-order chi connectivity index (χ0) is 29.7. The van der Waals surface area contributed by atoms with Crippen molar-refractivity contribution in [2.75, 3.05) is 42.6 Å². The fourth-order valence-electron chi connectivity index (χ4n) is 5.58. The summed E-state index contributed by atoms with van der Waals surface area (Å²) in [6, 6.07) is 8.38. The van der Waals surface area contributed by atoms with Crippen molar-refractivity contribution in [2.24, 2.45) is 0 Å². The molecule has 216 valence electrons. The minimum atomic E-state index is -0.546. The van der Waals surface area contributed by atoms with Crippen LogP contribution in [0.15, 0.2) is 36.5 Å². The average molecular weight is 581 g/mol. The fourth-order valence-corrected chi connectivity index (χ4v) is 5.70. The number of aryl methyl sites for hydroxylation is 1. The molecule has 11 heteroatoms. The standard InChI is InChI=1S/C30H34ClFN6O3/c1-7-41-27(40)20-15-33-28(34-18(20)2)36-12-13-38(30(5,6)17-36)26(39)23-10-11-24-25(35-23)29(3,4)16-37(24)19-8-9-21(31)22(32)14-19/h8-11,14-15H,7,12-13,16-17H2,1-6H3. The summed E-state index contributed by atoms with van der Waals surface area (Å²) in [7, 11) is 0. The van der Waals surface area contributed by atoms with Crippen LogP contribution in [0.1, 0.15) is 66.9 Å². The highest BCUT2D eigenvalue weighted by Gasteiger charge is 2.41. The molecule has 1 saturated heterocycles. The van der Waals surface area contributed by atoms with Crippen molar-refractivity contribution >= 4 is 40.8 Å². The lowest BCUT2D eigenvalue weighted by Gasteiger charge is -2.47. The van der Waals surface area contributed by atoms with E-state index >= 15 is 0 Å². The van der Waals surface area contributed by atoms with Gasteiger partial charge < -0.3 is 19.4 Å². The van der Waals surface area contributed by atoms with Gasteiger partial charge in [-0.05, 0) is 58.0 Å². The van der Waals surface area contributed by atoms with Crippen LogP contribution in [-0.2, 0) is 10.2 Å². The number of rotatable bonds is 5. The second-order valence-corrected chi connectivity index (χ2v) is 12.1. The van der Waals surface area contributed by atoms with Crippen LogP contribution in [0.3, 0.4) is 0 Å². The molecule has 1 fully saturated rings. The quantitative estimate of drug-likeness (QED) is 0.375. The largest absolute Gasteiger partial charge is 0.462 e. The van der Waals surface area contributed by atoms with E-state index in [1.165, 1.54) is 12.3 Å². The number of esters is 1. The van der Waals surface area contributed by atoms with Gasteiger partial charge in [-0.2, -0.15) is 0 Å². The summed E-state index contributed by atoms with van der Waals surface area (Å²) in [5.74, 6) is -0.571. The van der Waals surface area contributed by atoms with E-state index in [9.17, 15) is 14.0 Å². The van der Waals surface area contributed by atoms with Gasteiger partial charge in [0.05, 0.1) is 39.8 Å². The molecule has 1 amide bonds. The molecule has 2 aromatic heterocycles. The number of ether oxygens (including phenoxy) is 1. The molecule has 0 saturated carbocycles. The summed E-state index contributed by atoms with van der Waals surface area (Å²) < 4.78 is 19.3. The Morgan fingerprint density at radius 3 is 2.49 bits per heavy atom. The number of piperazine rings is 1. The summed E-state index contributed by atoms with van der Waals surface area (Å²) >= 11 is 5.90. The smallest absolute Gasteiger partial charge is 0.341 e. The predicted octanol–water partition coefficient (Wildman–Crippen LogP) is 5.32. The summed E-state index contributed by atoms with van der Waals surface area (Å²) in [5.41, 5.74) is 2.67. The van der Waals surface area contributed by atoms with Gasteiger partial charge in [-0.25, -0.2) is 24.1 Å². The molecule has 3 aromatic rings. The third-order valence-electron chi connectivity index (χ3n) is 7.69. The second-order valence-electron chi connectivity index (χ2n) is 11.7. The van der Waals surface area contributed by atoms with E-state index in [2.05, 4.69) is 23.8 Å². The number of carbonyl (C=O) groups is 2. The molecule has 9 nitrogen and oxygen atoms in total. The van der Waals surface area contributed by atoms with Crippen molar-refractivity contribution in [3.63, 3.8) is 0 Å². The van der Waals surface area contributed by atoms with Gasteiger partial charge >= 0.3 is 5.97 Å². The Bertz CT molecular complexity index is 1530. The zero-order valence-electron chi connectivity index (χ0n) is 24.2. The molecule has 2 aliphatic rings. The first kappa shape index (κ1) is 28.7. The molecule has 1 aromatic carbocycles. The average Bonchev–Trinajstić information content (AvgIpc) is 3.19. The van der Waals surface area contributed by atoms with Crippen molar-refractivity contribution in [3.05, 3.63) is 70.0 Å². The van der Waals surface area contributed by atoms with Gasteiger partial charge in [-0.1, -0.05) is 25.4 Å². The highest BCUT2D eigenvalue weighted by Crippen LogP contribution is 2.44. The van der Waals surface area contributed by atoms with E-state index in [-0.39, 0.29) is 23.0 Å². The maximum atomic E-state index is 14.2. The molecule has 0 atom stereocenters. The Labute approximate surface area is 244 Å². The van der Waals surface area contributed by atoms with Gasteiger partial charge in [0.25, 0.3) is 5.91 Å². The SMILES string of the molecule is CCOC(=O)c1cnc(N2CCN(C(=O)c3ccc4c(n3)C(C)(C)CN4c3ccc(Cl)c(F)c3)C(C)(C)C2)nc1C. The van der Waals surface area contributed by atoms with Crippen LogP contribution < -0.4 is 9.80 Å². The van der Waals surface area contributed by atoms with Crippen LogP contribution in [0, 0.1) is 12.7 Å². The van der Waals surface area contributed by atoms with Crippen LogP contribution in [0.4, 0.5) is 21.7 Å². The lowest BCUT2D eigenvalue weighted by Crippen LogP contribution is -2.61. The first-order valence-electron chi connectivity index (χ1n) is 13.6. The van der Waals surface area contributed by atoms with Gasteiger partial charge in [0.1, 0.15) is 11.5 Å². The number of aromatic nitrogens is 3. The van der Waals surface area contributed by atoms with E-state index in [0.717, 1.165) is 11.4 Å². The van der Waals surface area contributed by atoms with Crippen molar-refractivity contribution in [2.45, 2.75) is 52.5 Å². The Morgan fingerprint density at radius 1 is 1.07 bits per heavy atom. The van der Waals surface area contributed by atoms with E-state index in [1.54, 1.807) is 32.0 Å². The van der Waals surface area contributed by atoms with Crippen LogP contribution in [-0.4, -0.2) is 70.1 Å². The molecule has 0 unspecified atom stereocenters. The highest BCUT2D eigenvalue weighted by molar-refractivity contribution is 6.30. The summed E-state index contributed by atoms with van der Waals surface area (Å²) in [6.45, 7) is 14.0. The summed E-state index contributed by atoms with van der Waals surface area (Å²) in [6.07, 6.45) is 1.50. The lowest BCUT2D eigenvalue weighted by molar-refractivity contribution is 0.0500. The monoisotopic (exact) mass is 580 g/mol. The number of anilines is 3. The Balaban J connectivity index is 1.36. The molecule has 2 aliphatic heterocycles. The Hall–Kier alpha value is -3.79. The van der Waals surface area contributed by atoms with Crippen molar-refractivity contribution < 1.29 is 18.7 Å². The molecule has 41 heavy (non-hydrogen) atoms. The summed E-state index contributed by atoms with van der Waals surface area (Å²) in [5, 5.41) is 0.0737. The van der Waals surface area contributed by atoms with Crippen molar-refractivity contribution in [1.82, 2.24) is 19.9 Å². The maximum absolute atomic E-state index is 14.2. The van der Waals surface area contributed by atoms with Crippen LogP contribution in [0.2, 0.25) is 5.02 Å². The molecule has 0 aliphatic carbocycles. The maximum Gasteiger partial charge on any atom is 0.341 e. The van der Waals surface area contributed by atoms with Gasteiger partial charge in [0.15, 0.2) is 0 Å². The number of hydrogen-bond acceptors (Lipinski definition) is 8. The first-order chi connectivity index (χ1) is 19.3. The number of carbonyl (C=O) groups excluding carboxylic acids is 2. The third-order valence-corrected chi connectivity index (χ3v) is 7.99. The van der Waals surface area contributed by atoms with Gasteiger partial charge in [-0.15, -0.1) is 0 Å². The minimum absolute atomic E-state index is 0.0737. The lowest BCUT2D eigenvalue weighted by atomic mass is 9.91. The predicted molar refractivity (Wildman–Crippen MR) is 156 cm³/mol. The topological polar surface area (TPSA) is 91.8 Å². The summed E-state index contributed by atoms with van der Waals surface area (Å²) in [4.78, 5) is 45.7. The molecule has 0 bridgehead atoms. The number of halogens is 2. The van der Waals surface area contributed by atoms with E-state index in [4.69, 9.17) is 21.3 Å². The third kappa shape index (κ3) is 5.32. The number of benzene rings is 1. The van der Waals surface area contributed by atoms with E-state index in [0.29, 0.717) is 54.8 Å². The van der Waals surface area contributed by atoms with Crippen LogP contribution in [0.25, 0.3) is 0 Å². The number of hydrogen-bond donors (Lipinski definition) is 0. The highest BCUT2D eigenvalue weighted by atomic mass is 35.5. The van der Waals surface area contributed by atoms with Gasteiger partial charge in [0.2, 0.25) is 5.95 Å². The second kappa shape index (κ2) is 10.6. The normalized spacial score (nSPS) is 17.4. The molecule has 0 spiro atoms. The van der Waals surface area contributed by atoms with Gasteiger partial charge in [0, 0.05) is 43.5 Å². The molecule has 0 N–H and O–H groups in total. The fraction of sp³-hybridized carbons (Fsp3) is 0.433. The van der Waals surface area contributed by atoms with E-state index < -0.39 is 17.3 Å². The van der Waals surface area contributed by atoms with Gasteiger partial charge in [-0.3, -0.25) is 4.79 Å². The zero-order valence-corrected chi connectivity index (χ0v) is 24.9. The van der Waals surface area contributed by atoms with Crippen molar-refractivity contribution in [3.8, 4) is 0 Å². The number of nitrogens with zero attached hydrogens (tertiary/aromatic N) is 6. The first-order valence-corrected chi connectivity index (χ1v) is 14.0. The molecule has 0 radical (unpaired) electrons. The van der Waals surface area contributed by atoms with Crippen LogP contribution in [0.5, 0.6) is 0 Å². The minimum Gasteiger partial charge on any atom is -0.462 e. The Kier molecular flexibility index (Phi) is 7.40. The van der Waals surface area contributed by atoms with E-state index in [1.807, 2.05) is 34.6 Å². The molecule has 5 rings (SSSR count). The molecular weight excluding hydrogens is 547 g/mol. The number of pyridine rings is 1. The Morgan fingerprint density at radius 2 is 1.83 bits per heavy atom.